The second-order valence-electron chi connectivity index (χ2n) is 6.39. The van der Waals surface area contributed by atoms with Gasteiger partial charge in [0, 0.05) is 18.7 Å². The van der Waals surface area contributed by atoms with Crippen molar-refractivity contribution in [1.29, 1.82) is 0 Å². The van der Waals surface area contributed by atoms with Crippen molar-refractivity contribution in [3.63, 3.8) is 0 Å². The number of benzene rings is 1. The number of rotatable bonds is 4. The van der Waals surface area contributed by atoms with Crippen molar-refractivity contribution in [2.75, 3.05) is 13.1 Å². The van der Waals surface area contributed by atoms with Crippen molar-refractivity contribution < 1.29 is 9.53 Å². The Balaban J connectivity index is 2.05. The summed E-state index contributed by atoms with van der Waals surface area (Å²) >= 11 is 0. The molecule has 3 heteroatoms. The molecule has 0 bridgehead atoms. The summed E-state index contributed by atoms with van der Waals surface area (Å²) < 4.78 is 5.81. The Hall–Kier alpha value is -1.51. The minimum absolute atomic E-state index is 0.125. The SMILES string of the molecule is CC1CCCCN(C(=O)Cc2ccccc2OC(C)C)C1. The van der Waals surface area contributed by atoms with Crippen LogP contribution in [0.4, 0.5) is 0 Å². The lowest BCUT2D eigenvalue weighted by Gasteiger charge is -2.23. The lowest BCUT2D eigenvalue weighted by Crippen LogP contribution is -2.35. The molecule has 0 N–H and O–H groups in total. The van der Waals surface area contributed by atoms with Gasteiger partial charge in [0.05, 0.1) is 12.5 Å². The predicted molar refractivity (Wildman–Crippen MR) is 85.5 cm³/mol. The van der Waals surface area contributed by atoms with Crippen LogP contribution in [0.3, 0.4) is 0 Å². The molecule has 21 heavy (non-hydrogen) atoms. The molecule has 1 saturated heterocycles. The average molecular weight is 289 g/mol. The lowest BCUT2D eigenvalue weighted by molar-refractivity contribution is -0.130. The molecule has 0 radical (unpaired) electrons. The van der Waals surface area contributed by atoms with Crippen LogP contribution in [0.15, 0.2) is 24.3 Å². The zero-order valence-electron chi connectivity index (χ0n) is 13.5. The molecule has 2 rings (SSSR count). The average Bonchev–Trinajstić information content (AvgIpc) is 2.65. The lowest BCUT2D eigenvalue weighted by atomic mass is 10.1. The van der Waals surface area contributed by atoms with Crippen LogP contribution in [0.5, 0.6) is 5.75 Å². The van der Waals surface area contributed by atoms with Gasteiger partial charge in [-0.3, -0.25) is 4.79 Å². The molecule has 0 saturated carbocycles. The minimum atomic E-state index is 0.125. The summed E-state index contributed by atoms with van der Waals surface area (Å²) in [6.45, 7) is 8.05. The highest BCUT2D eigenvalue weighted by Crippen LogP contribution is 2.22. The van der Waals surface area contributed by atoms with Gasteiger partial charge in [0.15, 0.2) is 0 Å². The zero-order chi connectivity index (χ0) is 15.2. The van der Waals surface area contributed by atoms with Gasteiger partial charge in [-0.2, -0.15) is 0 Å². The van der Waals surface area contributed by atoms with Crippen LogP contribution in [0.25, 0.3) is 0 Å². The smallest absolute Gasteiger partial charge is 0.227 e. The second-order valence-corrected chi connectivity index (χ2v) is 6.39. The summed E-state index contributed by atoms with van der Waals surface area (Å²) in [7, 11) is 0. The van der Waals surface area contributed by atoms with Crippen molar-refractivity contribution in [3.8, 4) is 5.75 Å². The molecule has 1 aromatic rings. The number of hydrogen-bond donors (Lipinski definition) is 0. The molecule has 0 spiro atoms. The number of nitrogens with zero attached hydrogens (tertiary/aromatic N) is 1. The summed E-state index contributed by atoms with van der Waals surface area (Å²) in [5.74, 6) is 1.67. The van der Waals surface area contributed by atoms with Crippen LogP contribution >= 0.6 is 0 Å². The van der Waals surface area contributed by atoms with Gasteiger partial charge in [-0.1, -0.05) is 31.5 Å². The highest BCUT2D eigenvalue weighted by atomic mass is 16.5. The van der Waals surface area contributed by atoms with E-state index in [0.29, 0.717) is 12.3 Å². The van der Waals surface area contributed by atoms with Gasteiger partial charge >= 0.3 is 0 Å². The van der Waals surface area contributed by atoms with Gasteiger partial charge in [0.2, 0.25) is 5.91 Å². The third-order valence-electron chi connectivity index (χ3n) is 3.94. The summed E-state index contributed by atoms with van der Waals surface area (Å²) in [4.78, 5) is 14.6. The van der Waals surface area contributed by atoms with Crippen molar-refractivity contribution in [2.24, 2.45) is 5.92 Å². The molecular weight excluding hydrogens is 262 g/mol. The Morgan fingerprint density at radius 1 is 1.33 bits per heavy atom. The van der Waals surface area contributed by atoms with Gasteiger partial charge in [0.1, 0.15) is 5.75 Å². The van der Waals surface area contributed by atoms with E-state index in [-0.39, 0.29) is 12.0 Å². The molecule has 1 aromatic carbocycles. The standard InChI is InChI=1S/C18H27NO2/c1-14(2)21-17-10-5-4-9-16(17)12-18(20)19-11-7-6-8-15(3)13-19/h4-5,9-10,14-15H,6-8,11-13H2,1-3H3. The third-order valence-corrected chi connectivity index (χ3v) is 3.94. The predicted octanol–water partition coefficient (Wildman–Crippen LogP) is 3.66. The molecule has 1 atom stereocenters. The normalized spacial score (nSPS) is 19.4. The number of likely N-dealkylation sites (tertiary alicyclic amines) is 1. The van der Waals surface area contributed by atoms with Gasteiger partial charge < -0.3 is 9.64 Å². The molecule has 1 heterocycles. The Kier molecular flexibility index (Phi) is 5.66. The topological polar surface area (TPSA) is 29.5 Å². The first kappa shape index (κ1) is 15.9. The largest absolute Gasteiger partial charge is 0.491 e. The van der Waals surface area contributed by atoms with E-state index in [4.69, 9.17) is 4.74 Å². The van der Waals surface area contributed by atoms with E-state index in [9.17, 15) is 4.79 Å². The number of carbonyl (C=O) groups excluding carboxylic acids is 1. The Morgan fingerprint density at radius 2 is 2.10 bits per heavy atom. The number of para-hydroxylation sites is 1. The van der Waals surface area contributed by atoms with Crippen LogP contribution < -0.4 is 4.74 Å². The van der Waals surface area contributed by atoms with E-state index >= 15 is 0 Å². The zero-order valence-corrected chi connectivity index (χ0v) is 13.5. The first-order valence-electron chi connectivity index (χ1n) is 8.08. The highest BCUT2D eigenvalue weighted by Gasteiger charge is 2.20. The van der Waals surface area contributed by atoms with E-state index in [0.717, 1.165) is 30.8 Å². The first-order chi connectivity index (χ1) is 10.1. The van der Waals surface area contributed by atoms with Crippen LogP contribution in [-0.2, 0) is 11.2 Å². The molecule has 116 valence electrons. The van der Waals surface area contributed by atoms with Gasteiger partial charge in [-0.05, 0) is 38.7 Å². The van der Waals surface area contributed by atoms with E-state index in [1.54, 1.807) is 0 Å². The number of amides is 1. The molecule has 1 fully saturated rings. The van der Waals surface area contributed by atoms with E-state index in [1.807, 2.05) is 43.0 Å². The van der Waals surface area contributed by atoms with E-state index in [2.05, 4.69) is 6.92 Å². The quantitative estimate of drug-likeness (QED) is 0.846. The summed E-state index contributed by atoms with van der Waals surface area (Å²) in [6.07, 6.45) is 4.16. The maximum atomic E-state index is 12.6. The summed E-state index contributed by atoms with van der Waals surface area (Å²) in [6, 6.07) is 7.88. The van der Waals surface area contributed by atoms with Crippen LogP contribution in [0.1, 0.15) is 45.6 Å². The van der Waals surface area contributed by atoms with Gasteiger partial charge in [-0.25, -0.2) is 0 Å². The van der Waals surface area contributed by atoms with Crippen LogP contribution in [0.2, 0.25) is 0 Å². The Bertz CT molecular complexity index is 470. The third kappa shape index (κ3) is 4.76. The molecule has 1 aliphatic heterocycles. The minimum Gasteiger partial charge on any atom is -0.491 e. The van der Waals surface area contributed by atoms with E-state index in [1.165, 1.54) is 12.8 Å². The maximum Gasteiger partial charge on any atom is 0.227 e. The molecule has 1 aliphatic rings. The van der Waals surface area contributed by atoms with Crippen LogP contribution in [0, 0.1) is 5.92 Å². The van der Waals surface area contributed by atoms with Gasteiger partial charge in [-0.15, -0.1) is 0 Å². The van der Waals surface area contributed by atoms with Crippen molar-refractivity contribution in [1.82, 2.24) is 4.90 Å². The number of carbonyl (C=O) groups is 1. The van der Waals surface area contributed by atoms with Crippen molar-refractivity contribution >= 4 is 5.91 Å². The molecule has 1 amide bonds. The number of ether oxygens (including phenoxy) is 1. The number of hydrogen-bond acceptors (Lipinski definition) is 2. The fourth-order valence-electron chi connectivity index (χ4n) is 2.87. The summed E-state index contributed by atoms with van der Waals surface area (Å²) in [5.41, 5.74) is 0.994. The molecule has 0 aliphatic carbocycles. The van der Waals surface area contributed by atoms with E-state index < -0.39 is 0 Å². The highest BCUT2D eigenvalue weighted by molar-refractivity contribution is 5.79. The molecule has 0 aromatic heterocycles. The monoisotopic (exact) mass is 289 g/mol. The Labute approximate surface area is 128 Å². The second kappa shape index (κ2) is 7.48. The summed E-state index contributed by atoms with van der Waals surface area (Å²) in [5, 5.41) is 0. The molecule has 3 nitrogen and oxygen atoms in total. The Morgan fingerprint density at radius 3 is 2.86 bits per heavy atom. The van der Waals surface area contributed by atoms with Gasteiger partial charge in [0.25, 0.3) is 0 Å². The molecule has 1 unspecified atom stereocenters. The van der Waals surface area contributed by atoms with Crippen LogP contribution in [-0.4, -0.2) is 30.0 Å². The maximum absolute atomic E-state index is 12.6. The first-order valence-corrected chi connectivity index (χ1v) is 8.08. The molecular formula is C18H27NO2. The van der Waals surface area contributed by atoms with Crippen molar-refractivity contribution in [3.05, 3.63) is 29.8 Å². The van der Waals surface area contributed by atoms with Crippen molar-refractivity contribution in [2.45, 2.75) is 52.6 Å². The fourth-order valence-corrected chi connectivity index (χ4v) is 2.87. The fraction of sp³-hybridized carbons (Fsp3) is 0.611.